The summed E-state index contributed by atoms with van der Waals surface area (Å²) in [6.07, 6.45) is 4.83. The van der Waals surface area contributed by atoms with Crippen molar-refractivity contribution in [2.75, 3.05) is 39.3 Å². The van der Waals surface area contributed by atoms with Gasteiger partial charge in [-0.2, -0.15) is 0 Å². The highest BCUT2D eigenvalue weighted by Crippen LogP contribution is 2.22. The zero-order valence-corrected chi connectivity index (χ0v) is 17.7. The van der Waals surface area contributed by atoms with Crippen molar-refractivity contribution in [1.29, 1.82) is 0 Å². The van der Waals surface area contributed by atoms with Crippen LogP contribution in [0.2, 0.25) is 0 Å². The van der Waals surface area contributed by atoms with Crippen LogP contribution in [0, 0.1) is 11.8 Å². The van der Waals surface area contributed by atoms with Crippen LogP contribution in [0.3, 0.4) is 0 Å². The van der Waals surface area contributed by atoms with Gasteiger partial charge in [-0.15, -0.1) is 0 Å². The molecule has 5 nitrogen and oxygen atoms in total. The molecule has 1 aromatic carbocycles. The van der Waals surface area contributed by atoms with Gasteiger partial charge in [-0.25, -0.2) is 0 Å². The third-order valence-corrected chi connectivity index (χ3v) is 6.24. The van der Waals surface area contributed by atoms with E-state index in [1.165, 1.54) is 32.4 Å². The van der Waals surface area contributed by atoms with Crippen molar-refractivity contribution in [2.45, 2.75) is 32.6 Å². The first-order chi connectivity index (χ1) is 13.0. The van der Waals surface area contributed by atoms with Gasteiger partial charge in [-0.3, -0.25) is 9.59 Å². The molecule has 3 rings (SSSR count). The summed E-state index contributed by atoms with van der Waals surface area (Å²) >= 11 is 3.36. The highest BCUT2D eigenvalue weighted by Gasteiger charge is 2.26. The Labute approximate surface area is 170 Å². The Morgan fingerprint density at radius 1 is 1.19 bits per heavy atom. The van der Waals surface area contributed by atoms with E-state index < -0.39 is 0 Å². The van der Waals surface area contributed by atoms with Gasteiger partial charge in [0.15, 0.2) is 0 Å². The number of rotatable bonds is 5. The van der Waals surface area contributed by atoms with Crippen molar-refractivity contribution >= 4 is 27.7 Å². The number of likely N-dealkylation sites (tertiary alicyclic amines) is 2. The monoisotopic (exact) mass is 435 g/mol. The van der Waals surface area contributed by atoms with Gasteiger partial charge in [0.1, 0.15) is 0 Å². The molecule has 148 valence electrons. The average Bonchev–Trinajstić information content (AvgIpc) is 2.68. The molecule has 1 N–H and O–H groups in total. The van der Waals surface area contributed by atoms with Gasteiger partial charge in [0.05, 0.1) is 6.54 Å². The minimum Gasteiger partial charge on any atom is -0.343 e. The van der Waals surface area contributed by atoms with Crippen LogP contribution in [0.1, 0.15) is 43.0 Å². The standard InChI is InChI=1S/C21H30BrN3O2/c1-16-7-10-24(11-8-16)14-17-4-3-9-25(15-17)20(26)13-23-21(27)18-5-2-6-19(22)12-18/h2,5-6,12,16-17H,3-4,7-11,13-15H2,1H3,(H,23,27). The molecular weight excluding hydrogens is 406 g/mol. The van der Waals surface area contributed by atoms with Crippen LogP contribution in [-0.2, 0) is 4.79 Å². The van der Waals surface area contributed by atoms with Gasteiger partial charge in [-0.1, -0.05) is 28.9 Å². The minimum absolute atomic E-state index is 0.0234. The van der Waals surface area contributed by atoms with Crippen LogP contribution >= 0.6 is 15.9 Å². The van der Waals surface area contributed by atoms with Gasteiger partial charge in [-0.05, 0) is 68.8 Å². The molecule has 2 aliphatic rings. The van der Waals surface area contributed by atoms with Gasteiger partial charge < -0.3 is 15.1 Å². The predicted octanol–water partition coefficient (Wildman–Crippen LogP) is 3.15. The van der Waals surface area contributed by atoms with Crippen molar-refractivity contribution in [1.82, 2.24) is 15.1 Å². The number of nitrogens with one attached hydrogen (secondary N) is 1. The van der Waals surface area contributed by atoms with E-state index in [9.17, 15) is 9.59 Å². The summed E-state index contributed by atoms with van der Waals surface area (Å²) in [7, 11) is 0. The smallest absolute Gasteiger partial charge is 0.251 e. The van der Waals surface area contributed by atoms with Crippen molar-refractivity contribution in [3.05, 3.63) is 34.3 Å². The first-order valence-electron chi connectivity index (χ1n) is 10.0. The van der Waals surface area contributed by atoms with E-state index in [1.54, 1.807) is 12.1 Å². The zero-order valence-electron chi connectivity index (χ0n) is 16.1. The van der Waals surface area contributed by atoms with Gasteiger partial charge >= 0.3 is 0 Å². The number of halogens is 1. The Kier molecular flexibility index (Phi) is 7.30. The fraction of sp³-hybridized carbons (Fsp3) is 0.619. The van der Waals surface area contributed by atoms with Crippen molar-refractivity contribution in [2.24, 2.45) is 11.8 Å². The Hall–Kier alpha value is -1.40. The lowest BCUT2D eigenvalue weighted by Gasteiger charge is -2.37. The third kappa shape index (κ3) is 6.04. The molecule has 6 heteroatoms. The largest absolute Gasteiger partial charge is 0.343 e. The Morgan fingerprint density at radius 3 is 2.70 bits per heavy atom. The molecule has 1 atom stereocenters. The maximum absolute atomic E-state index is 12.6. The topological polar surface area (TPSA) is 52.6 Å². The van der Waals surface area contributed by atoms with Crippen LogP contribution in [0.25, 0.3) is 0 Å². The summed E-state index contributed by atoms with van der Waals surface area (Å²) in [6, 6.07) is 7.20. The second-order valence-corrected chi connectivity index (χ2v) is 8.94. The number of amides is 2. The summed E-state index contributed by atoms with van der Waals surface area (Å²) < 4.78 is 0.854. The van der Waals surface area contributed by atoms with Crippen LogP contribution in [0.5, 0.6) is 0 Å². The Bertz CT molecular complexity index is 659. The van der Waals surface area contributed by atoms with Crippen LogP contribution in [0.4, 0.5) is 0 Å². The van der Waals surface area contributed by atoms with Crippen molar-refractivity contribution in [3.8, 4) is 0 Å². The predicted molar refractivity (Wildman–Crippen MR) is 111 cm³/mol. The molecule has 2 aliphatic heterocycles. The zero-order chi connectivity index (χ0) is 19.2. The second-order valence-electron chi connectivity index (χ2n) is 8.02. The maximum atomic E-state index is 12.6. The van der Waals surface area contributed by atoms with Crippen LogP contribution in [-0.4, -0.2) is 60.9 Å². The number of carbonyl (C=O) groups excluding carboxylic acids is 2. The molecule has 1 aromatic rings. The first-order valence-corrected chi connectivity index (χ1v) is 10.8. The lowest BCUT2D eigenvalue weighted by molar-refractivity contribution is -0.132. The second kappa shape index (κ2) is 9.69. The molecule has 2 amide bonds. The summed E-state index contributed by atoms with van der Waals surface area (Å²) in [6.45, 7) is 7.50. The van der Waals surface area contributed by atoms with E-state index in [4.69, 9.17) is 0 Å². The quantitative estimate of drug-likeness (QED) is 0.772. The number of nitrogens with zero attached hydrogens (tertiary/aromatic N) is 2. The molecule has 0 spiro atoms. The number of hydrogen-bond donors (Lipinski definition) is 1. The van der Waals surface area contributed by atoms with E-state index >= 15 is 0 Å². The molecule has 2 saturated heterocycles. The van der Waals surface area contributed by atoms with E-state index in [2.05, 4.69) is 33.1 Å². The fourth-order valence-electron chi connectivity index (χ4n) is 4.05. The summed E-state index contributed by atoms with van der Waals surface area (Å²) in [5.41, 5.74) is 0.563. The molecule has 27 heavy (non-hydrogen) atoms. The van der Waals surface area contributed by atoms with E-state index in [0.29, 0.717) is 11.5 Å². The number of carbonyl (C=O) groups is 2. The molecule has 0 saturated carbocycles. The lowest BCUT2D eigenvalue weighted by Crippen LogP contribution is -2.48. The first kappa shape index (κ1) is 20.3. The summed E-state index contributed by atoms with van der Waals surface area (Å²) in [5, 5.41) is 2.76. The molecule has 2 fully saturated rings. The number of piperidine rings is 2. The SMILES string of the molecule is CC1CCN(CC2CCCN(C(=O)CNC(=O)c3cccc(Br)c3)C2)CC1. The van der Waals surface area contributed by atoms with Crippen LogP contribution in [0.15, 0.2) is 28.7 Å². The maximum Gasteiger partial charge on any atom is 0.251 e. The minimum atomic E-state index is -0.208. The highest BCUT2D eigenvalue weighted by atomic mass is 79.9. The molecule has 2 heterocycles. The molecule has 1 unspecified atom stereocenters. The Morgan fingerprint density at radius 2 is 1.96 bits per heavy atom. The average molecular weight is 436 g/mol. The van der Waals surface area contributed by atoms with E-state index in [1.807, 2.05) is 17.0 Å². The molecule has 0 radical (unpaired) electrons. The number of benzene rings is 1. The fourth-order valence-corrected chi connectivity index (χ4v) is 4.45. The molecule has 0 bridgehead atoms. The van der Waals surface area contributed by atoms with Crippen molar-refractivity contribution < 1.29 is 9.59 Å². The molecular formula is C21H30BrN3O2. The van der Waals surface area contributed by atoms with Gasteiger partial charge in [0, 0.05) is 29.7 Å². The summed E-state index contributed by atoms with van der Waals surface area (Å²) in [5.74, 6) is 1.22. The third-order valence-electron chi connectivity index (χ3n) is 5.75. The summed E-state index contributed by atoms with van der Waals surface area (Å²) in [4.78, 5) is 29.3. The number of hydrogen-bond acceptors (Lipinski definition) is 3. The van der Waals surface area contributed by atoms with Crippen molar-refractivity contribution in [3.63, 3.8) is 0 Å². The van der Waals surface area contributed by atoms with Crippen LogP contribution < -0.4 is 5.32 Å². The molecule has 0 aliphatic carbocycles. The van der Waals surface area contributed by atoms with E-state index in [0.717, 1.165) is 36.4 Å². The molecule has 0 aromatic heterocycles. The van der Waals surface area contributed by atoms with Gasteiger partial charge in [0.2, 0.25) is 5.91 Å². The lowest BCUT2D eigenvalue weighted by atomic mass is 9.94. The van der Waals surface area contributed by atoms with Gasteiger partial charge in [0.25, 0.3) is 5.91 Å². The Balaban J connectivity index is 1.44. The van der Waals surface area contributed by atoms with E-state index in [-0.39, 0.29) is 18.4 Å². The normalized spacial score (nSPS) is 21.9. The highest BCUT2D eigenvalue weighted by molar-refractivity contribution is 9.10.